The molecule has 0 fully saturated rings. The number of hydrogen-bond donors (Lipinski definition) is 1. The Bertz CT molecular complexity index is 677. The summed E-state index contributed by atoms with van der Waals surface area (Å²) in [6.07, 6.45) is 0. The van der Waals surface area contributed by atoms with Gasteiger partial charge in [-0.15, -0.1) is 0 Å². The van der Waals surface area contributed by atoms with E-state index < -0.39 is 5.82 Å². The van der Waals surface area contributed by atoms with Crippen molar-refractivity contribution in [3.05, 3.63) is 56.7 Å². The van der Waals surface area contributed by atoms with E-state index in [4.69, 9.17) is 4.74 Å². The van der Waals surface area contributed by atoms with Gasteiger partial charge in [-0.3, -0.25) is 4.79 Å². The van der Waals surface area contributed by atoms with Gasteiger partial charge in [-0.1, -0.05) is 15.9 Å². The number of amides is 1. The number of hydrogen-bond acceptors (Lipinski definition) is 2. The zero-order valence-corrected chi connectivity index (χ0v) is 14.3. The minimum absolute atomic E-state index is 0.166. The quantitative estimate of drug-likeness (QED) is 0.761. The molecule has 110 valence electrons. The van der Waals surface area contributed by atoms with Gasteiger partial charge in [0, 0.05) is 20.7 Å². The van der Waals surface area contributed by atoms with Crippen LogP contribution in [0, 0.1) is 5.82 Å². The van der Waals surface area contributed by atoms with E-state index >= 15 is 0 Å². The highest BCUT2D eigenvalue weighted by Crippen LogP contribution is 2.24. The molecule has 2 aromatic carbocycles. The Balaban J connectivity index is 2.19. The fraction of sp³-hybridized carbons (Fsp3) is 0.133. The molecular weight excluding hydrogens is 405 g/mol. The monoisotopic (exact) mass is 415 g/mol. The molecule has 0 saturated carbocycles. The highest BCUT2D eigenvalue weighted by atomic mass is 79.9. The SMILES string of the molecule is CCOc1ccc(NC(=O)c2cc(Br)ccc2Br)cc1F. The molecule has 6 heteroatoms. The van der Waals surface area contributed by atoms with E-state index in [9.17, 15) is 9.18 Å². The summed E-state index contributed by atoms with van der Waals surface area (Å²) in [5.74, 6) is -0.672. The van der Waals surface area contributed by atoms with Crippen molar-refractivity contribution in [1.82, 2.24) is 0 Å². The van der Waals surface area contributed by atoms with Gasteiger partial charge in [0.2, 0.25) is 0 Å². The molecule has 0 aliphatic carbocycles. The molecule has 1 N–H and O–H groups in total. The van der Waals surface area contributed by atoms with Crippen molar-refractivity contribution < 1.29 is 13.9 Å². The van der Waals surface area contributed by atoms with Gasteiger partial charge in [0.25, 0.3) is 5.91 Å². The third-order valence-corrected chi connectivity index (χ3v) is 3.85. The lowest BCUT2D eigenvalue weighted by molar-refractivity contribution is 0.102. The molecule has 2 aromatic rings. The van der Waals surface area contributed by atoms with Gasteiger partial charge in [-0.05, 0) is 53.2 Å². The second-order valence-corrected chi connectivity index (χ2v) is 5.93. The number of carbonyl (C=O) groups is 1. The Hall–Kier alpha value is -1.40. The predicted octanol–water partition coefficient (Wildman–Crippen LogP) is 5.00. The summed E-state index contributed by atoms with van der Waals surface area (Å²) < 4.78 is 20.3. The fourth-order valence-corrected chi connectivity index (χ4v) is 2.51. The molecule has 0 heterocycles. The Kier molecular flexibility index (Phi) is 5.36. The van der Waals surface area contributed by atoms with Crippen LogP contribution < -0.4 is 10.1 Å². The van der Waals surface area contributed by atoms with Crippen LogP contribution in [0.2, 0.25) is 0 Å². The number of nitrogens with one attached hydrogen (secondary N) is 1. The Labute approximate surface area is 138 Å². The molecule has 0 aliphatic heterocycles. The zero-order chi connectivity index (χ0) is 15.4. The second-order valence-electron chi connectivity index (χ2n) is 4.16. The summed E-state index contributed by atoms with van der Waals surface area (Å²) in [5.41, 5.74) is 0.825. The summed E-state index contributed by atoms with van der Waals surface area (Å²) in [6.45, 7) is 2.16. The van der Waals surface area contributed by atoms with Crippen LogP contribution in [-0.4, -0.2) is 12.5 Å². The van der Waals surface area contributed by atoms with Crippen molar-refractivity contribution >= 4 is 43.5 Å². The molecule has 0 aromatic heterocycles. The molecule has 2 rings (SSSR count). The normalized spacial score (nSPS) is 10.3. The summed E-state index contributed by atoms with van der Waals surface area (Å²) in [7, 11) is 0. The van der Waals surface area contributed by atoms with Crippen molar-refractivity contribution in [2.45, 2.75) is 6.92 Å². The van der Waals surface area contributed by atoms with Crippen LogP contribution in [0.25, 0.3) is 0 Å². The largest absolute Gasteiger partial charge is 0.491 e. The van der Waals surface area contributed by atoms with Gasteiger partial charge >= 0.3 is 0 Å². The minimum Gasteiger partial charge on any atom is -0.491 e. The molecule has 0 radical (unpaired) electrons. The van der Waals surface area contributed by atoms with Crippen molar-refractivity contribution in [2.24, 2.45) is 0 Å². The molecule has 0 bridgehead atoms. The maximum absolute atomic E-state index is 13.7. The number of carbonyl (C=O) groups excluding carboxylic acids is 1. The first-order valence-electron chi connectivity index (χ1n) is 6.20. The second kappa shape index (κ2) is 7.04. The average molecular weight is 417 g/mol. The van der Waals surface area contributed by atoms with Gasteiger partial charge in [0.1, 0.15) is 0 Å². The van der Waals surface area contributed by atoms with Gasteiger partial charge in [0.05, 0.1) is 12.2 Å². The van der Waals surface area contributed by atoms with Crippen molar-refractivity contribution in [2.75, 3.05) is 11.9 Å². The van der Waals surface area contributed by atoms with E-state index in [-0.39, 0.29) is 11.7 Å². The molecule has 0 aliphatic rings. The molecule has 3 nitrogen and oxygen atoms in total. The van der Waals surface area contributed by atoms with Gasteiger partial charge < -0.3 is 10.1 Å². The highest BCUT2D eigenvalue weighted by molar-refractivity contribution is 9.11. The number of rotatable bonds is 4. The Morgan fingerprint density at radius 3 is 2.67 bits per heavy atom. The van der Waals surface area contributed by atoms with Crippen molar-refractivity contribution in [3.63, 3.8) is 0 Å². The van der Waals surface area contributed by atoms with Crippen LogP contribution in [0.3, 0.4) is 0 Å². The van der Waals surface area contributed by atoms with E-state index in [1.165, 1.54) is 12.1 Å². The van der Waals surface area contributed by atoms with Crippen LogP contribution >= 0.6 is 31.9 Å². The fourth-order valence-electron chi connectivity index (χ4n) is 1.72. The maximum atomic E-state index is 13.7. The highest BCUT2D eigenvalue weighted by Gasteiger charge is 2.12. The van der Waals surface area contributed by atoms with E-state index in [1.807, 2.05) is 6.07 Å². The first-order valence-corrected chi connectivity index (χ1v) is 7.78. The zero-order valence-electron chi connectivity index (χ0n) is 11.1. The Morgan fingerprint density at radius 1 is 1.24 bits per heavy atom. The summed E-state index contributed by atoms with van der Waals surface area (Å²) in [4.78, 5) is 12.2. The third-order valence-electron chi connectivity index (χ3n) is 2.66. The molecule has 0 spiro atoms. The minimum atomic E-state index is -0.511. The number of benzene rings is 2. The van der Waals surface area contributed by atoms with Gasteiger partial charge in [-0.25, -0.2) is 4.39 Å². The smallest absolute Gasteiger partial charge is 0.256 e. The summed E-state index contributed by atoms with van der Waals surface area (Å²) >= 11 is 6.63. The maximum Gasteiger partial charge on any atom is 0.256 e. The van der Waals surface area contributed by atoms with Crippen LogP contribution in [0.1, 0.15) is 17.3 Å². The van der Waals surface area contributed by atoms with Crippen LogP contribution in [0.4, 0.5) is 10.1 Å². The first-order chi connectivity index (χ1) is 10.0. The number of ether oxygens (including phenoxy) is 1. The molecule has 0 unspecified atom stereocenters. The van der Waals surface area contributed by atoms with Gasteiger partial charge in [-0.2, -0.15) is 0 Å². The summed E-state index contributed by atoms with van der Waals surface area (Å²) in [6, 6.07) is 9.58. The van der Waals surface area contributed by atoms with Crippen molar-refractivity contribution in [1.29, 1.82) is 0 Å². The first kappa shape index (κ1) is 16.0. The summed E-state index contributed by atoms with van der Waals surface area (Å²) in [5, 5.41) is 2.65. The average Bonchev–Trinajstić information content (AvgIpc) is 2.44. The number of halogens is 3. The molecule has 0 atom stereocenters. The molecule has 0 saturated heterocycles. The molecular formula is C15H12Br2FNO2. The topological polar surface area (TPSA) is 38.3 Å². The lowest BCUT2D eigenvalue weighted by atomic mass is 10.2. The number of anilines is 1. The lowest BCUT2D eigenvalue weighted by Crippen LogP contribution is -2.13. The van der Waals surface area contributed by atoms with Gasteiger partial charge in [0.15, 0.2) is 11.6 Å². The molecule has 1 amide bonds. The predicted molar refractivity (Wildman–Crippen MR) is 87.4 cm³/mol. The van der Waals surface area contributed by atoms with E-state index in [1.54, 1.807) is 25.1 Å². The van der Waals surface area contributed by atoms with Crippen molar-refractivity contribution in [3.8, 4) is 5.75 Å². The van der Waals surface area contributed by atoms with Crippen LogP contribution in [-0.2, 0) is 0 Å². The van der Waals surface area contributed by atoms with E-state index in [0.29, 0.717) is 22.3 Å². The standard InChI is InChI=1S/C15H12Br2FNO2/c1-2-21-14-6-4-10(8-13(14)18)19-15(20)11-7-9(16)3-5-12(11)17/h3-8H,2H2,1H3,(H,19,20). The molecule has 21 heavy (non-hydrogen) atoms. The third kappa shape index (κ3) is 4.04. The lowest BCUT2D eigenvalue weighted by Gasteiger charge is -2.09. The van der Waals surface area contributed by atoms with Crippen LogP contribution in [0.15, 0.2) is 45.3 Å². The van der Waals surface area contributed by atoms with E-state index in [0.717, 1.165) is 4.47 Å². The van der Waals surface area contributed by atoms with E-state index in [2.05, 4.69) is 37.2 Å². The van der Waals surface area contributed by atoms with Crippen LogP contribution in [0.5, 0.6) is 5.75 Å². The Morgan fingerprint density at radius 2 is 2.00 bits per heavy atom.